The highest BCUT2D eigenvalue weighted by molar-refractivity contribution is 7.89. The molecule has 0 aliphatic rings. The normalized spacial score (nSPS) is 11.4. The summed E-state index contributed by atoms with van der Waals surface area (Å²) in [5.74, 6) is 0. The lowest BCUT2D eigenvalue weighted by atomic mass is 10.2. The predicted molar refractivity (Wildman–Crippen MR) is 101 cm³/mol. The molecule has 1 heterocycles. The van der Waals surface area contributed by atoms with Crippen LogP contribution >= 0.6 is 0 Å². The first-order valence-electron chi connectivity index (χ1n) is 8.15. The highest BCUT2D eigenvalue weighted by Gasteiger charge is 2.08. The third kappa shape index (κ3) is 4.41. The van der Waals surface area contributed by atoms with Crippen LogP contribution in [-0.2, 0) is 16.6 Å². The van der Waals surface area contributed by atoms with Gasteiger partial charge in [0.2, 0.25) is 10.0 Å². The van der Waals surface area contributed by atoms with Gasteiger partial charge in [-0.3, -0.25) is 0 Å². The molecule has 0 fully saturated rings. The Balaban J connectivity index is 1.46. The first kappa shape index (κ1) is 18.0. The number of hydrogen-bond acceptors (Lipinski definition) is 3. The van der Waals surface area contributed by atoms with E-state index >= 15 is 0 Å². The molecule has 4 N–H and O–H groups in total. The smallest absolute Gasteiger partial charge is 0.319 e. The summed E-state index contributed by atoms with van der Waals surface area (Å²) in [6.07, 6.45) is 2.83. The molecule has 0 bridgehead atoms. The molecule has 136 valence electrons. The van der Waals surface area contributed by atoms with E-state index in [0.29, 0.717) is 12.2 Å². The number of aryl methyl sites for hydroxylation is 1. The van der Waals surface area contributed by atoms with Gasteiger partial charge >= 0.3 is 6.03 Å². The van der Waals surface area contributed by atoms with Gasteiger partial charge in [-0.2, -0.15) is 0 Å². The number of carbonyl (C=O) groups is 1. The summed E-state index contributed by atoms with van der Waals surface area (Å²) in [5.41, 5.74) is 1.67. The van der Waals surface area contributed by atoms with Crippen LogP contribution in [0.4, 0.5) is 10.5 Å². The maximum Gasteiger partial charge on any atom is 0.319 e. The summed E-state index contributed by atoms with van der Waals surface area (Å²) in [6.45, 7) is 1.32. The monoisotopic (exact) mass is 372 g/mol. The molecule has 0 aliphatic heterocycles. The van der Waals surface area contributed by atoms with Gasteiger partial charge in [0.25, 0.3) is 0 Å². The standard InChI is InChI=1S/C18H20N4O3S/c19-26(24,25)16-8-6-15(7-9-16)21-18(23)20-11-3-12-22-13-10-14-4-1-2-5-17(14)22/h1-2,4-10,13H,3,11-12H2,(H2,19,24,25)(H2,20,21,23). The summed E-state index contributed by atoms with van der Waals surface area (Å²) in [4.78, 5) is 11.9. The molecule has 0 unspecified atom stereocenters. The molecule has 0 saturated carbocycles. The molecule has 0 radical (unpaired) electrons. The molecular weight excluding hydrogens is 352 g/mol. The molecule has 0 aliphatic carbocycles. The molecule has 3 rings (SSSR count). The number of benzene rings is 2. The highest BCUT2D eigenvalue weighted by atomic mass is 32.2. The first-order chi connectivity index (χ1) is 12.4. The van der Waals surface area contributed by atoms with E-state index in [0.717, 1.165) is 13.0 Å². The number of nitrogens with two attached hydrogens (primary N) is 1. The van der Waals surface area contributed by atoms with Crippen molar-refractivity contribution < 1.29 is 13.2 Å². The average Bonchev–Trinajstić information content (AvgIpc) is 3.02. The zero-order valence-corrected chi connectivity index (χ0v) is 14.9. The first-order valence-corrected chi connectivity index (χ1v) is 9.70. The Morgan fingerprint density at radius 1 is 1.04 bits per heavy atom. The fraction of sp³-hybridized carbons (Fsp3) is 0.167. The van der Waals surface area contributed by atoms with Crippen LogP contribution in [0.3, 0.4) is 0 Å². The predicted octanol–water partition coefficient (Wildman–Crippen LogP) is 2.50. The van der Waals surface area contributed by atoms with Crippen molar-refractivity contribution in [1.29, 1.82) is 0 Å². The van der Waals surface area contributed by atoms with Crippen molar-refractivity contribution >= 4 is 32.6 Å². The molecule has 1 aromatic heterocycles. The van der Waals surface area contributed by atoms with E-state index in [-0.39, 0.29) is 10.9 Å². The molecule has 2 amide bonds. The Kier molecular flexibility index (Phi) is 5.24. The molecule has 26 heavy (non-hydrogen) atoms. The molecule has 2 aromatic carbocycles. The minimum Gasteiger partial charge on any atom is -0.347 e. The van der Waals surface area contributed by atoms with Gasteiger partial charge < -0.3 is 15.2 Å². The van der Waals surface area contributed by atoms with Crippen LogP contribution in [0.5, 0.6) is 0 Å². The van der Waals surface area contributed by atoms with Gasteiger partial charge in [0.05, 0.1) is 4.90 Å². The number of hydrogen-bond donors (Lipinski definition) is 3. The van der Waals surface area contributed by atoms with Crippen molar-refractivity contribution in [3.8, 4) is 0 Å². The Hall–Kier alpha value is -2.84. The van der Waals surface area contributed by atoms with Gasteiger partial charge in [0, 0.05) is 30.5 Å². The van der Waals surface area contributed by atoms with Crippen molar-refractivity contribution in [2.45, 2.75) is 17.9 Å². The number of urea groups is 1. The Labute approximate surface area is 151 Å². The van der Waals surface area contributed by atoms with Crippen molar-refractivity contribution in [3.05, 3.63) is 60.8 Å². The Morgan fingerprint density at radius 3 is 2.50 bits per heavy atom. The third-order valence-corrected chi connectivity index (χ3v) is 4.91. The quantitative estimate of drug-likeness (QED) is 0.579. The minimum atomic E-state index is -3.73. The fourth-order valence-electron chi connectivity index (χ4n) is 2.69. The lowest BCUT2D eigenvalue weighted by Crippen LogP contribution is -2.30. The van der Waals surface area contributed by atoms with Crippen LogP contribution in [0.15, 0.2) is 65.7 Å². The molecule has 8 heteroatoms. The number of primary sulfonamides is 1. The Morgan fingerprint density at radius 2 is 1.77 bits per heavy atom. The van der Waals surface area contributed by atoms with E-state index < -0.39 is 10.0 Å². The average molecular weight is 372 g/mol. The van der Waals surface area contributed by atoms with Crippen molar-refractivity contribution in [3.63, 3.8) is 0 Å². The molecule has 0 saturated heterocycles. The number of rotatable bonds is 6. The fourth-order valence-corrected chi connectivity index (χ4v) is 3.21. The minimum absolute atomic E-state index is 0.00223. The summed E-state index contributed by atoms with van der Waals surface area (Å²) >= 11 is 0. The number of sulfonamides is 1. The van der Waals surface area contributed by atoms with Crippen molar-refractivity contribution in [1.82, 2.24) is 9.88 Å². The Bertz CT molecular complexity index is 1010. The van der Waals surface area contributed by atoms with E-state index in [4.69, 9.17) is 5.14 Å². The number of nitrogens with zero attached hydrogens (tertiary/aromatic N) is 1. The second-order valence-electron chi connectivity index (χ2n) is 5.87. The summed E-state index contributed by atoms with van der Waals surface area (Å²) in [7, 11) is -3.73. The van der Waals surface area contributed by atoms with Gasteiger partial charge in [0.15, 0.2) is 0 Å². The maximum absolute atomic E-state index is 11.9. The number of fused-ring (bicyclic) bond motifs is 1. The zero-order valence-electron chi connectivity index (χ0n) is 14.1. The van der Waals surface area contributed by atoms with Crippen molar-refractivity contribution in [2.75, 3.05) is 11.9 Å². The second-order valence-corrected chi connectivity index (χ2v) is 7.43. The lowest BCUT2D eigenvalue weighted by Gasteiger charge is -2.09. The van der Waals surface area contributed by atoms with Gasteiger partial charge in [-0.15, -0.1) is 0 Å². The summed E-state index contributed by atoms with van der Waals surface area (Å²) in [5, 5.41) is 11.7. The SMILES string of the molecule is NS(=O)(=O)c1ccc(NC(=O)NCCCn2ccc3ccccc32)cc1. The summed E-state index contributed by atoms with van der Waals surface area (Å²) in [6, 6.07) is 15.6. The number of anilines is 1. The van der Waals surface area contributed by atoms with Crippen LogP contribution in [0.25, 0.3) is 10.9 Å². The largest absolute Gasteiger partial charge is 0.347 e. The summed E-state index contributed by atoms with van der Waals surface area (Å²) < 4.78 is 24.5. The number of nitrogens with one attached hydrogen (secondary N) is 2. The van der Waals surface area contributed by atoms with Crippen molar-refractivity contribution in [2.24, 2.45) is 5.14 Å². The van der Waals surface area contributed by atoms with Gasteiger partial charge in [-0.25, -0.2) is 18.4 Å². The van der Waals surface area contributed by atoms with Gasteiger partial charge in [-0.1, -0.05) is 18.2 Å². The van der Waals surface area contributed by atoms with E-state index in [1.165, 1.54) is 35.2 Å². The van der Waals surface area contributed by atoms with E-state index in [9.17, 15) is 13.2 Å². The zero-order chi connectivity index (χ0) is 18.6. The number of para-hydroxylation sites is 1. The third-order valence-electron chi connectivity index (χ3n) is 3.98. The molecule has 0 atom stereocenters. The lowest BCUT2D eigenvalue weighted by molar-refractivity contribution is 0.252. The van der Waals surface area contributed by atoms with Crippen LogP contribution in [-0.4, -0.2) is 25.6 Å². The van der Waals surface area contributed by atoms with Gasteiger partial charge in [-0.05, 0) is 48.2 Å². The van der Waals surface area contributed by atoms with Crippen LogP contribution in [0.1, 0.15) is 6.42 Å². The molecule has 7 nitrogen and oxygen atoms in total. The van der Waals surface area contributed by atoms with Gasteiger partial charge in [0.1, 0.15) is 0 Å². The van der Waals surface area contributed by atoms with Crippen LogP contribution in [0.2, 0.25) is 0 Å². The molecular formula is C18H20N4O3S. The van der Waals surface area contributed by atoms with Crippen LogP contribution < -0.4 is 15.8 Å². The van der Waals surface area contributed by atoms with E-state index in [2.05, 4.69) is 33.4 Å². The maximum atomic E-state index is 11.9. The van der Waals surface area contributed by atoms with E-state index in [1.54, 1.807) is 0 Å². The second kappa shape index (κ2) is 7.59. The van der Waals surface area contributed by atoms with E-state index in [1.807, 2.05) is 18.3 Å². The number of aromatic nitrogens is 1. The molecule has 3 aromatic rings. The number of amides is 2. The molecule has 0 spiro atoms. The number of carbonyl (C=O) groups excluding carboxylic acids is 1. The topological polar surface area (TPSA) is 106 Å². The highest BCUT2D eigenvalue weighted by Crippen LogP contribution is 2.15. The van der Waals surface area contributed by atoms with Crippen LogP contribution in [0, 0.1) is 0 Å².